The number of imide groups is 1. The van der Waals surface area contributed by atoms with Crippen LogP contribution in [0.3, 0.4) is 0 Å². The van der Waals surface area contributed by atoms with Crippen molar-refractivity contribution in [2.45, 2.75) is 19.6 Å². The van der Waals surface area contributed by atoms with Gasteiger partial charge in [0.25, 0.3) is 11.8 Å². The lowest BCUT2D eigenvalue weighted by Crippen LogP contribution is -2.31. The molecule has 3 aromatic rings. The Labute approximate surface area is 179 Å². The van der Waals surface area contributed by atoms with Gasteiger partial charge in [-0.05, 0) is 55.8 Å². The van der Waals surface area contributed by atoms with E-state index in [1.165, 1.54) is 16.7 Å². The van der Waals surface area contributed by atoms with Crippen LogP contribution in [-0.2, 0) is 15.3 Å². The Morgan fingerprint density at radius 1 is 0.967 bits per heavy atom. The Morgan fingerprint density at radius 2 is 1.70 bits per heavy atom. The predicted octanol–water partition coefficient (Wildman–Crippen LogP) is 5.20. The van der Waals surface area contributed by atoms with Crippen molar-refractivity contribution in [2.75, 3.05) is 11.5 Å². The number of carbonyl (C=O) groups is 2. The molecular formula is C24H21NO4S. The van der Waals surface area contributed by atoms with Crippen LogP contribution in [0.1, 0.15) is 23.8 Å². The summed E-state index contributed by atoms with van der Waals surface area (Å²) in [4.78, 5) is 28.3. The molecule has 0 N–H and O–H groups in total. The van der Waals surface area contributed by atoms with Gasteiger partial charge in [0.1, 0.15) is 11.5 Å². The van der Waals surface area contributed by atoms with Crippen molar-refractivity contribution in [3.8, 4) is 5.75 Å². The molecular weight excluding hydrogens is 398 g/mol. The molecule has 0 spiro atoms. The molecule has 6 heteroatoms. The van der Waals surface area contributed by atoms with Gasteiger partial charge < -0.3 is 9.15 Å². The second-order valence-corrected chi connectivity index (χ2v) is 7.80. The third-order valence-electron chi connectivity index (χ3n) is 4.73. The van der Waals surface area contributed by atoms with Gasteiger partial charge in [0.05, 0.1) is 34.8 Å². The van der Waals surface area contributed by atoms with E-state index < -0.39 is 0 Å². The molecule has 2 amide bonds. The van der Waals surface area contributed by atoms with Crippen molar-refractivity contribution in [3.05, 3.63) is 88.7 Å². The van der Waals surface area contributed by atoms with Crippen molar-refractivity contribution in [2.24, 2.45) is 0 Å². The van der Waals surface area contributed by atoms with Gasteiger partial charge in [0.15, 0.2) is 0 Å². The van der Waals surface area contributed by atoms with Crippen LogP contribution in [0, 0.1) is 6.92 Å². The van der Waals surface area contributed by atoms with Gasteiger partial charge in [-0.1, -0.05) is 29.8 Å². The molecule has 1 aliphatic rings. The number of carbonyl (C=O) groups excluding carboxylic acids is 2. The van der Waals surface area contributed by atoms with Crippen molar-refractivity contribution in [1.82, 2.24) is 0 Å². The minimum absolute atomic E-state index is 0.315. The lowest BCUT2D eigenvalue weighted by atomic mass is 10.1. The molecule has 0 radical (unpaired) electrons. The average molecular weight is 420 g/mol. The highest BCUT2D eigenvalue weighted by atomic mass is 32.2. The van der Waals surface area contributed by atoms with E-state index in [4.69, 9.17) is 9.15 Å². The fourth-order valence-electron chi connectivity index (χ4n) is 3.25. The number of rotatable bonds is 7. The second kappa shape index (κ2) is 8.63. The molecule has 1 aromatic heterocycles. The SMILES string of the molecule is CCOc1ccc(C2=C(SCc3ccco3)C(=O)N(c3ccc(C)cc3)C2=O)cc1. The smallest absolute Gasteiger partial charge is 0.272 e. The number of benzene rings is 2. The van der Waals surface area contributed by atoms with Gasteiger partial charge in [-0.2, -0.15) is 0 Å². The van der Waals surface area contributed by atoms with Crippen LogP contribution in [0.4, 0.5) is 5.69 Å². The van der Waals surface area contributed by atoms with E-state index in [1.807, 2.05) is 56.3 Å². The second-order valence-electron chi connectivity index (χ2n) is 6.81. The van der Waals surface area contributed by atoms with E-state index in [1.54, 1.807) is 24.5 Å². The Hall–Kier alpha value is -3.25. The molecule has 30 heavy (non-hydrogen) atoms. The molecule has 0 saturated heterocycles. The first-order valence-electron chi connectivity index (χ1n) is 9.66. The number of anilines is 1. The average Bonchev–Trinajstić information content (AvgIpc) is 3.35. The van der Waals surface area contributed by atoms with Gasteiger partial charge in [-0.25, -0.2) is 4.90 Å². The van der Waals surface area contributed by atoms with E-state index >= 15 is 0 Å². The fourth-order valence-corrected chi connectivity index (χ4v) is 4.26. The van der Waals surface area contributed by atoms with Crippen LogP contribution in [0.25, 0.3) is 5.57 Å². The highest BCUT2D eigenvalue weighted by Gasteiger charge is 2.40. The number of hydrogen-bond donors (Lipinski definition) is 0. The van der Waals surface area contributed by atoms with Crippen molar-refractivity contribution < 1.29 is 18.7 Å². The largest absolute Gasteiger partial charge is 0.494 e. The van der Waals surface area contributed by atoms with E-state index in [9.17, 15) is 9.59 Å². The monoisotopic (exact) mass is 419 g/mol. The summed E-state index contributed by atoms with van der Waals surface area (Å²) in [7, 11) is 0. The Balaban J connectivity index is 1.72. The van der Waals surface area contributed by atoms with Gasteiger partial charge in [0.2, 0.25) is 0 Å². The van der Waals surface area contributed by atoms with Gasteiger partial charge in [-0.15, -0.1) is 11.8 Å². The Kier molecular flexibility index (Phi) is 5.77. The zero-order valence-electron chi connectivity index (χ0n) is 16.8. The maximum absolute atomic E-state index is 13.4. The Morgan fingerprint density at radius 3 is 2.33 bits per heavy atom. The first-order chi connectivity index (χ1) is 14.6. The summed E-state index contributed by atoms with van der Waals surface area (Å²) >= 11 is 1.32. The van der Waals surface area contributed by atoms with Crippen LogP contribution in [0.2, 0.25) is 0 Å². The first kappa shape index (κ1) is 20.0. The minimum Gasteiger partial charge on any atom is -0.494 e. The topological polar surface area (TPSA) is 59.8 Å². The summed E-state index contributed by atoms with van der Waals surface area (Å²) < 4.78 is 10.9. The number of furan rings is 1. The van der Waals surface area contributed by atoms with Crippen LogP contribution in [-0.4, -0.2) is 18.4 Å². The van der Waals surface area contributed by atoms with Crippen molar-refractivity contribution >= 4 is 34.8 Å². The van der Waals surface area contributed by atoms with Crippen LogP contribution >= 0.6 is 11.8 Å². The highest BCUT2D eigenvalue weighted by Crippen LogP contribution is 2.40. The van der Waals surface area contributed by atoms with Gasteiger partial charge in [-0.3, -0.25) is 9.59 Å². The molecule has 1 aliphatic heterocycles. The molecule has 4 rings (SSSR count). The molecule has 0 fully saturated rings. The van der Waals surface area contributed by atoms with Crippen molar-refractivity contribution in [1.29, 1.82) is 0 Å². The number of nitrogens with zero attached hydrogens (tertiary/aromatic N) is 1. The number of hydrogen-bond acceptors (Lipinski definition) is 5. The van der Waals surface area contributed by atoms with Crippen LogP contribution < -0.4 is 9.64 Å². The maximum atomic E-state index is 13.4. The number of amides is 2. The van der Waals surface area contributed by atoms with E-state index in [0.29, 0.717) is 34.1 Å². The summed E-state index contributed by atoms with van der Waals surface area (Å²) in [5.74, 6) is 1.29. The third kappa shape index (κ3) is 3.91. The molecule has 0 bridgehead atoms. The highest BCUT2D eigenvalue weighted by molar-refractivity contribution is 8.03. The van der Waals surface area contributed by atoms with E-state index in [2.05, 4.69) is 0 Å². The molecule has 0 aliphatic carbocycles. The molecule has 5 nitrogen and oxygen atoms in total. The number of thioether (sulfide) groups is 1. The number of ether oxygens (including phenoxy) is 1. The van der Waals surface area contributed by atoms with E-state index in [0.717, 1.165) is 17.1 Å². The van der Waals surface area contributed by atoms with Crippen molar-refractivity contribution in [3.63, 3.8) is 0 Å². The Bertz CT molecular complexity index is 1080. The zero-order chi connectivity index (χ0) is 21.1. The molecule has 152 valence electrons. The van der Waals surface area contributed by atoms with Crippen LogP contribution in [0.15, 0.2) is 76.2 Å². The normalized spacial score (nSPS) is 14.0. The first-order valence-corrected chi connectivity index (χ1v) is 10.6. The summed E-state index contributed by atoms with van der Waals surface area (Å²) in [5, 5.41) is 0. The number of aryl methyl sites for hydroxylation is 1. The van der Waals surface area contributed by atoms with E-state index in [-0.39, 0.29) is 11.8 Å². The zero-order valence-corrected chi connectivity index (χ0v) is 17.6. The predicted molar refractivity (Wildman–Crippen MR) is 118 cm³/mol. The molecule has 0 atom stereocenters. The van der Waals surface area contributed by atoms with Gasteiger partial charge in [0, 0.05) is 0 Å². The maximum Gasteiger partial charge on any atom is 0.272 e. The molecule has 2 heterocycles. The summed E-state index contributed by atoms with van der Waals surface area (Å²) in [6.45, 7) is 4.44. The minimum atomic E-state index is -0.324. The lowest BCUT2D eigenvalue weighted by molar-refractivity contribution is -0.119. The molecule has 2 aromatic carbocycles. The quantitative estimate of drug-likeness (QED) is 0.492. The fraction of sp³-hybridized carbons (Fsp3) is 0.167. The summed E-state index contributed by atoms with van der Waals surface area (Å²) in [6.07, 6.45) is 1.60. The standard InChI is InChI=1S/C24H21NO4S/c1-3-28-19-12-8-17(9-13-19)21-22(30-15-20-5-4-14-29-20)24(27)25(23(21)26)18-10-6-16(2)7-11-18/h4-14H,3,15H2,1-2H3. The van der Waals surface area contributed by atoms with Crippen LogP contribution in [0.5, 0.6) is 5.75 Å². The molecule has 0 saturated carbocycles. The summed E-state index contributed by atoms with van der Waals surface area (Å²) in [5.41, 5.74) is 2.71. The molecule has 0 unspecified atom stereocenters. The third-order valence-corrected chi connectivity index (χ3v) is 5.82. The van der Waals surface area contributed by atoms with Gasteiger partial charge >= 0.3 is 0 Å². The lowest BCUT2D eigenvalue weighted by Gasteiger charge is -2.15. The summed E-state index contributed by atoms with van der Waals surface area (Å²) in [6, 6.07) is 18.3.